The zero-order chi connectivity index (χ0) is 44.6. The molecule has 9 atom stereocenters. The molecular formula is C37H58N6O15. The van der Waals surface area contributed by atoms with Crippen molar-refractivity contribution in [1.82, 2.24) is 26.2 Å². The highest BCUT2D eigenvalue weighted by atomic mass is 16.7. The lowest BCUT2D eigenvalue weighted by Gasteiger charge is -2.40. The van der Waals surface area contributed by atoms with Gasteiger partial charge in [0.15, 0.2) is 6.29 Å². The summed E-state index contributed by atoms with van der Waals surface area (Å²) in [4.78, 5) is 88.5. The van der Waals surface area contributed by atoms with Gasteiger partial charge in [0.25, 0.3) is 0 Å². The van der Waals surface area contributed by atoms with Crippen molar-refractivity contribution in [3.8, 4) is 0 Å². The van der Waals surface area contributed by atoms with Gasteiger partial charge in [-0.3, -0.25) is 28.8 Å². The van der Waals surface area contributed by atoms with Crippen molar-refractivity contribution in [2.75, 3.05) is 38.7 Å². The average Bonchev–Trinajstić information content (AvgIpc) is 3.18. The SMILES string of the molecule is [3H]C(CC(=O)O)C(=O)NCC(=O)NCCC(=O)N[C@H](C(=O)N[C@@H](CO[C@@H]1O[C@H](CO)[C@@H](O)[C@H](O)[C@H]1O)C(=O)Nc1ccc(COC(=O)N(C)[C@H](C)C(C)C)cc1)C(C)C. The Balaban J connectivity index is 2.11. The van der Waals surface area contributed by atoms with Crippen LogP contribution in [0.15, 0.2) is 24.3 Å². The van der Waals surface area contributed by atoms with Crippen LogP contribution in [0, 0.1) is 11.8 Å². The van der Waals surface area contributed by atoms with Gasteiger partial charge in [0, 0.05) is 39.5 Å². The third-order valence-electron chi connectivity index (χ3n) is 9.18. The van der Waals surface area contributed by atoms with E-state index in [-0.39, 0.29) is 37.2 Å². The Morgan fingerprint density at radius 3 is 2.09 bits per heavy atom. The number of benzene rings is 1. The third kappa shape index (κ3) is 16.1. The number of nitrogens with zero attached hydrogens (tertiary/aromatic N) is 1. The lowest BCUT2D eigenvalue weighted by atomic mass is 9.99. The van der Waals surface area contributed by atoms with Crippen LogP contribution in [0.4, 0.5) is 10.5 Å². The minimum atomic E-state index is -1.81. The Kier molecular flexibility index (Phi) is 19.7. The van der Waals surface area contributed by atoms with Gasteiger partial charge in [-0.25, -0.2) is 4.79 Å². The number of aliphatic hydroxyl groups excluding tert-OH is 4. The van der Waals surface area contributed by atoms with Gasteiger partial charge in [0.05, 0.1) is 26.2 Å². The lowest BCUT2D eigenvalue weighted by molar-refractivity contribution is -0.301. The van der Waals surface area contributed by atoms with E-state index in [2.05, 4.69) is 26.6 Å². The summed E-state index contributed by atoms with van der Waals surface area (Å²) in [7, 11) is 1.64. The summed E-state index contributed by atoms with van der Waals surface area (Å²) in [6.45, 7) is 6.82. The Morgan fingerprint density at radius 1 is 0.845 bits per heavy atom. The molecule has 1 heterocycles. The maximum Gasteiger partial charge on any atom is 0.410 e. The van der Waals surface area contributed by atoms with Gasteiger partial charge in [-0.2, -0.15) is 0 Å². The summed E-state index contributed by atoms with van der Waals surface area (Å²) in [5.74, 6) is -5.72. The number of ether oxygens (including phenoxy) is 3. The molecule has 0 aromatic heterocycles. The normalized spacial score (nSPS) is 21.4. The average molecular weight is 829 g/mol. The third-order valence-corrected chi connectivity index (χ3v) is 9.18. The van der Waals surface area contributed by atoms with Crippen LogP contribution in [-0.2, 0) is 49.6 Å². The van der Waals surface area contributed by atoms with E-state index in [1.165, 1.54) is 17.0 Å². The van der Waals surface area contributed by atoms with Gasteiger partial charge in [-0.1, -0.05) is 39.8 Å². The van der Waals surface area contributed by atoms with Crippen LogP contribution >= 0.6 is 0 Å². The number of aliphatic hydroxyl groups is 4. The van der Waals surface area contributed by atoms with Crippen molar-refractivity contribution in [1.29, 1.82) is 0 Å². The molecule has 0 aliphatic carbocycles. The smallest absolute Gasteiger partial charge is 0.410 e. The number of nitrogens with one attached hydrogen (secondary N) is 5. The van der Waals surface area contributed by atoms with Crippen LogP contribution in [0.3, 0.4) is 0 Å². The standard InChI is InChI=1S/C37H58N6O15/c1-19(2)21(5)43(6)37(55)57-17-22-7-9-23(10-8-22)40-34(53)24(18-56-36-33(52)32(51)31(50)25(16-44)58-36)41-35(54)30(20(3)4)42-27(46)13-14-38-28(47)15-39-26(45)11-12-29(48)49/h7-10,19-21,24-25,30-33,36,44,50-52H,11-18H2,1-6H3,(H,38,47)(H,39,45)(H,40,53)(H,41,54)(H,42,46)(H,48,49)/t21-,24+,25-,30+,31-,32+,33-,36-/m1/s1/i11T/t11?,21-,24+,25-,30+,31-,32+,33-,36-. The number of carboxylic acid groups (broad SMARTS) is 1. The van der Waals surface area contributed by atoms with E-state index in [1.807, 2.05) is 20.8 Å². The maximum absolute atomic E-state index is 13.6. The van der Waals surface area contributed by atoms with Gasteiger partial charge in [-0.15, -0.1) is 0 Å². The number of aliphatic carboxylic acids is 1. The van der Waals surface area contributed by atoms with Crippen LogP contribution < -0.4 is 26.6 Å². The second-order valence-electron chi connectivity index (χ2n) is 14.3. The zero-order valence-electron chi connectivity index (χ0n) is 34.4. The number of carbonyl (C=O) groups is 7. The fourth-order valence-electron chi connectivity index (χ4n) is 5.19. The molecule has 10 N–H and O–H groups in total. The van der Waals surface area contributed by atoms with Gasteiger partial charge in [-0.05, 0) is 36.5 Å². The van der Waals surface area contributed by atoms with Crippen molar-refractivity contribution in [3.63, 3.8) is 0 Å². The molecule has 1 aliphatic heterocycles. The first-order valence-corrected chi connectivity index (χ1v) is 18.7. The molecule has 1 fully saturated rings. The van der Waals surface area contributed by atoms with Crippen molar-refractivity contribution >= 4 is 47.3 Å². The minimum absolute atomic E-state index is 0.0516. The minimum Gasteiger partial charge on any atom is -0.481 e. The number of amides is 6. The van der Waals surface area contributed by atoms with Crippen LogP contribution in [0.25, 0.3) is 0 Å². The van der Waals surface area contributed by atoms with E-state index in [9.17, 15) is 54.0 Å². The maximum atomic E-state index is 13.6. The molecule has 0 radical (unpaired) electrons. The second kappa shape index (κ2) is 24.1. The number of carbonyl (C=O) groups excluding carboxylic acids is 6. The number of rotatable bonds is 22. The summed E-state index contributed by atoms with van der Waals surface area (Å²) in [5.41, 5.74) is 0.868. The van der Waals surface area contributed by atoms with E-state index in [1.54, 1.807) is 33.0 Å². The first kappa shape index (κ1) is 47.4. The molecule has 1 aliphatic rings. The van der Waals surface area contributed by atoms with Crippen molar-refractivity contribution in [2.45, 2.75) is 109 Å². The quantitative estimate of drug-likeness (QED) is 0.0615. The van der Waals surface area contributed by atoms with Crippen LogP contribution in [-0.4, -0.2) is 154 Å². The monoisotopic (exact) mass is 828 g/mol. The Hall–Kier alpha value is -4.93. The molecule has 2 rings (SSSR count). The molecule has 0 spiro atoms. The number of anilines is 1. The molecule has 21 heteroatoms. The molecule has 6 amide bonds. The van der Waals surface area contributed by atoms with Gasteiger partial charge in [0.2, 0.25) is 29.5 Å². The molecule has 1 unspecified atom stereocenters. The number of hydrogen-bond donors (Lipinski definition) is 10. The molecule has 326 valence electrons. The van der Waals surface area contributed by atoms with E-state index in [4.69, 9.17) is 20.7 Å². The first-order chi connectivity index (χ1) is 27.7. The number of hydrogen-bond acceptors (Lipinski definition) is 14. The molecule has 58 heavy (non-hydrogen) atoms. The summed E-state index contributed by atoms with van der Waals surface area (Å²) >= 11 is 0. The van der Waals surface area contributed by atoms with Crippen molar-refractivity contribution < 1.29 is 74.7 Å². The van der Waals surface area contributed by atoms with Crippen LogP contribution in [0.2, 0.25) is 0 Å². The van der Waals surface area contributed by atoms with Gasteiger partial charge in [0.1, 0.15) is 43.1 Å². The predicted octanol–water partition coefficient (Wildman–Crippen LogP) is -1.83. The molecule has 21 nitrogen and oxygen atoms in total. The highest BCUT2D eigenvalue weighted by Crippen LogP contribution is 2.22. The number of carboxylic acids is 1. The summed E-state index contributed by atoms with van der Waals surface area (Å²) in [6, 6.07) is 3.43. The van der Waals surface area contributed by atoms with E-state index < -0.39 is 123 Å². The van der Waals surface area contributed by atoms with Crippen LogP contribution in [0.5, 0.6) is 0 Å². The van der Waals surface area contributed by atoms with Gasteiger partial charge < -0.3 is 71.2 Å². The largest absolute Gasteiger partial charge is 0.481 e. The fraction of sp³-hybridized carbons (Fsp3) is 0.649. The first-order valence-electron chi connectivity index (χ1n) is 19.2. The summed E-state index contributed by atoms with van der Waals surface area (Å²) < 4.78 is 23.8. The topological polar surface area (TPSA) is 312 Å². The van der Waals surface area contributed by atoms with E-state index in [0.29, 0.717) is 5.56 Å². The van der Waals surface area contributed by atoms with Crippen molar-refractivity contribution in [3.05, 3.63) is 29.8 Å². The lowest BCUT2D eigenvalue weighted by Crippen LogP contribution is -2.60. The van der Waals surface area contributed by atoms with Crippen molar-refractivity contribution in [2.24, 2.45) is 11.8 Å². The van der Waals surface area contributed by atoms with Gasteiger partial charge >= 0.3 is 12.1 Å². The predicted molar refractivity (Wildman–Crippen MR) is 203 cm³/mol. The molecule has 1 aromatic rings. The Bertz CT molecular complexity index is 1580. The molecule has 0 saturated carbocycles. The van der Waals surface area contributed by atoms with E-state index >= 15 is 0 Å². The molecular weight excluding hydrogens is 768 g/mol. The highest BCUT2D eigenvalue weighted by Gasteiger charge is 2.44. The summed E-state index contributed by atoms with van der Waals surface area (Å²) in [5, 5.41) is 61.2. The molecule has 0 bridgehead atoms. The second-order valence-corrected chi connectivity index (χ2v) is 14.3. The Labute approximate surface area is 337 Å². The Morgan fingerprint density at radius 2 is 1.50 bits per heavy atom. The molecule has 1 saturated heterocycles. The summed E-state index contributed by atoms with van der Waals surface area (Å²) in [6.07, 6.45) is -11.4. The molecule has 1 aromatic carbocycles. The zero-order valence-corrected chi connectivity index (χ0v) is 33.4. The van der Waals surface area contributed by atoms with Crippen LogP contribution in [0.1, 0.15) is 60.8 Å². The fourth-order valence-corrected chi connectivity index (χ4v) is 5.19. The highest BCUT2D eigenvalue weighted by molar-refractivity contribution is 5.98. The van der Waals surface area contributed by atoms with E-state index in [0.717, 1.165) is 0 Å².